The molecule has 0 aliphatic carbocycles. The minimum absolute atomic E-state index is 1.13. The van der Waals surface area contributed by atoms with E-state index in [0.717, 1.165) is 11.4 Å². The standard InChI is InChI=1S/C50H31NS2/c1-2-9-32(10-3-1)33-21-25-38(26-22-33)51(39-27-23-34(24-28-39)37-20-19-36-18-17-35-11-4-5-12-40(35)44(36)31-37)45-15-8-14-41-42-29-30-47-48(50(42)53-49(41)45)43-13-6-7-16-46(43)52-47/h1-31H. The van der Waals surface area contributed by atoms with Crippen molar-refractivity contribution in [3.63, 3.8) is 0 Å². The molecular weight excluding hydrogens is 679 g/mol. The van der Waals surface area contributed by atoms with Crippen LogP contribution in [-0.4, -0.2) is 0 Å². The number of anilines is 3. The van der Waals surface area contributed by atoms with Gasteiger partial charge >= 0.3 is 0 Å². The number of nitrogens with zero attached hydrogens (tertiary/aromatic N) is 1. The van der Waals surface area contributed by atoms with Crippen molar-refractivity contribution in [1.82, 2.24) is 0 Å². The van der Waals surface area contributed by atoms with Crippen LogP contribution in [0.4, 0.5) is 17.1 Å². The normalized spacial score (nSPS) is 11.8. The monoisotopic (exact) mass is 709 g/mol. The summed E-state index contributed by atoms with van der Waals surface area (Å²) in [5.41, 5.74) is 8.30. The van der Waals surface area contributed by atoms with Crippen LogP contribution in [-0.2, 0) is 0 Å². The first-order valence-electron chi connectivity index (χ1n) is 18.0. The minimum Gasteiger partial charge on any atom is -0.309 e. The summed E-state index contributed by atoms with van der Waals surface area (Å²) in [7, 11) is 0. The molecule has 0 radical (unpaired) electrons. The van der Waals surface area contributed by atoms with Gasteiger partial charge in [-0.15, -0.1) is 22.7 Å². The Hall–Kier alpha value is -6.26. The van der Waals surface area contributed by atoms with Gasteiger partial charge < -0.3 is 4.90 Å². The average Bonchev–Trinajstić information content (AvgIpc) is 3.81. The lowest BCUT2D eigenvalue weighted by molar-refractivity contribution is 1.30. The summed E-state index contributed by atoms with van der Waals surface area (Å²) in [5.74, 6) is 0. The van der Waals surface area contributed by atoms with E-state index in [9.17, 15) is 0 Å². The molecule has 9 aromatic carbocycles. The number of thiophene rings is 2. The SMILES string of the molecule is c1ccc(-c2ccc(N(c3ccc(-c4ccc5ccc6ccccc6c5c4)cc3)c3cccc4c3sc3c4ccc4sc5ccccc5c43)cc2)cc1. The molecule has 2 aromatic heterocycles. The molecule has 0 saturated heterocycles. The maximum Gasteiger partial charge on any atom is 0.0640 e. The van der Waals surface area contributed by atoms with Gasteiger partial charge in [-0.2, -0.15) is 0 Å². The second kappa shape index (κ2) is 12.2. The van der Waals surface area contributed by atoms with E-state index in [-0.39, 0.29) is 0 Å². The van der Waals surface area contributed by atoms with Crippen LogP contribution in [0.15, 0.2) is 188 Å². The molecule has 2 heterocycles. The van der Waals surface area contributed by atoms with Crippen LogP contribution < -0.4 is 4.90 Å². The van der Waals surface area contributed by atoms with E-state index in [1.165, 1.54) is 89.8 Å². The molecule has 3 heteroatoms. The number of hydrogen-bond acceptors (Lipinski definition) is 3. The van der Waals surface area contributed by atoms with Crippen molar-refractivity contribution in [2.75, 3.05) is 4.90 Å². The van der Waals surface area contributed by atoms with Crippen LogP contribution in [0.3, 0.4) is 0 Å². The molecule has 53 heavy (non-hydrogen) atoms. The highest BCUT2D eigenvalue weighted by molar-refractivity contribution is 7.30. The fourth-order valence-electron chi connectivity index (χ4n) is 8.07. The molecule has 1 nitrogen and oxygen atoms in total. The van der Waals surface area contributed by atoms with Gasteiger partial charge in [0, 0.05) is 47.0 Å². The topological polar surface area (TPSA) is 3.24 Å². The van der Waals surface area contributed by atoms with Crippen LogP contribution in [0.5, 0.6) is 0 Å². The molecule has 0 N–H and O–H groups in total. The summed E-state index contributed by atoms with van der Waals surface area (Å²) in [5, 5.41) is 10.4. The van der Waals surface area contributed by atoms with E-state index >= 15 is 0 Å². The average molecular weight is 710 g/mol. The molecule has 0 amide bonds. The van der Waals surface area contributed by atoms with E-state index in [2.05, 4.69) is 193 Å². The first kappa shape index (κ1) is 30.4. The fraction of sp³-hybridized carbons (Fsp3) is 0. The van der Waals surface area contributed by atoms with Gasteiger partial charge in [-0.1, -0.05) is 140 Å². The highest BCUT2D eigenvalue weighted by Gasteiger charge is 2.20. The van der Waals surface area contributed by atoms with Gasteiger partial charge in [-0.05, 0) is 92.3 Å². The lowest BCUT2D eigenvalue weighted by atomic mass is 9.97. The highest BCUT2D eigenvalue weighted by Crippen LogP contribution is 2.49. The maximum atomic E-state index is 2.44. The van der Waals surface area contributed by atoms with E-state index in [1.807, 2.05) is 22.7 Å². The van der Waals surface area contributed by atoms with Crippen molar-refractivity contribution in [2.24, 2.45) is 0 Å². The second-order valence-corrected chi connectivity index (χ2v) is 15.8. The zero-order valence-electron chi connectivity index (χ0n) is 28.7. The van der Waals surface area contributed by atoms with Crippen molar-refractivity contribution in [3.05, 3.63) is 188 Å². The highest BCUT2D eigenvalue weighted by atomic mass is 32.1. The van der Waals surface area contributed by atoms with Gasteiger partial charge in [0.2, 0.25) is 0 Å². The number of hydrogen-bond donors (Lipinski definition) is 0. The lowest BCUT2D eigenvalue weighted by Crippen LogP contribution is -2.10. The molecule has 0 bridgehead atoms. The Balaban J connectivity index is 1.08. The third-order valence-corrected chi connectivity index (χ3v) is 13.1. The molecule has 0 spiro atoms. The Kier molecular flexibility index (Phi) is 6.97. The molecule has 0 aliphatic rings. The summed E-state index contributed by atoms with van der Waals surface area (Å²) in [6, 6.07) is 69.0. The summed E-state index contributed by atoms with van der Waals surface area (Å²) < 4.78 is 5.34. The largest absolute Gasteiger partial charge is 0.309 e. The maximum absolute atomic E-state index is 2.44. The van der Waals surface area contributed by atoms with E-state index < -0.39 is 0 Å². The molecule has 0 fully saturated rings. The molecule has 0 aliphatic heterocycles. The van der Waals surface area contributed by atoms with Gasteiger partial charge in [0.05, 0.1) is 10.4 Å². The predicted molar refractivity (Wildman–Crippen MR) is 233 cm³/mol. The number of benzene rings is 9. The molecule has 11 aromatic rings. The van der Waals surface area contributed by atoms with Crippen molar-refractivity contribution in [1.29, 1.82) is 0 Å². The van der Waals surface area contributed by atoms with E-state index in [4.69, 9.17) is 0 Å². The van der Waals surface area contributed by atoms with Crippen molar-refractivity contribution in [3.8, 4) is 22.3 Å². The van der Waals surface area contributed by atoms with Crippen molar-refractivity contribution in [2.45, 2.75) is 0 Å². The Morgan fingerprint density at radius 1 is 0.321 bits per heavy atom. The Bertz CT molecular complexity index is 3150. The Morgan fingerprint density at radius 3 is 1.70 bits per heavy atom. The summed E-state index contributed by atoms with van der Waals surface area (Å²) >= 11 is 3.81. The zero-order valence-corrected chi connectivity index (χ0v) is 30.3. The molecule has 248 valence electrons. The second-order valence-electron chi connectivity index (χ2n) is 13.7. The van der Waals surface area contributed by atoms with Crippen molar-refractivity contribution >= 4 is 102 Å². The van der Waals surface area contributed by atoms with E-state index in [1.54, 1.807) is 0 Å². The molecule has 11 rings (SSSR count). The van der Waals surface area contributed by atoms with Crippen LogP contribution in [0, 0.1) is 0 Å². The van der Waals surface area contributed by atoms with Crippen molar-refractivity contribution < 1.29 is 0 Å². The first-order chi connectivity index (χ1) is 26.3. The number of rotatable bonds is 5. The van der Waals surface area contributed by atoms with Crippen LogP contribution in [0.25, 0.3) is 84.1 Å². The predicted octanol–water partition coefficient (Wildman–Crippen LogP) is 15.5. The van der Waals surface area contributed by atoms with Gasteiger partial charge in [0.15, 0.2) is 0 Å². The van der Waals surface area contributed by atoms with E-state index in [0.29, 0.717) is 0 Å². The fourth-order valence-corrected chi connectivity index (χ4v) is 10.6. The summed E-state index contributed by atoms with van der Waals surface area (Å²) in [6.45, 7) is 0. The Labute approximate surface area is 315 Å². The van der Waals surface area contributed by atoms with Gasteiger partial charge in [-0.25, -0.2) is 0 Å². The summed E-state index contributed by atoms with van der Waals surface area (Å²) in [6.07, 6.45) is 0. The first-order valence-corrected chi connectivity index (χ1v) is 19.6. The molecule has 0 saturated carbocycles. The van der Waals surface area contributed by atoms with Gasteiger partial charge in [0.1, 0.15) is 0 Å². The molecule has 0 atom stereocenters. The molecular formula is C50H31NS2. The summed E-state index contributed by atoms with van der Waals surface area (Å²) in [4.78, 5) is 2.44. The third-order valence-electron chi connectivity index (χ3n) is 10.7. The zero-order chi connectivity index (χ0) is 34.9. The molecule has 0 unspecified atom stereocenters. The minimum atomic E-state index is 1.13. The third kappa shape index (κ3) is 4.97. The van der Waals surface area contributed by atoms with Gasteiger partial charge in [-0.3, -0.25) is 0 Å². The Morgan fingerprint density at radius 2 is 0.906 bits per heavy atom. The number of fused-ring (bicyclic) bond motifs is 10. The smallest absolute Gasteiger partial charge is 0.0640 e. The lowest BCUT2D eigenvalue weighted by Gasteiger charge is -2.26. The van der Waals surface area contributed by atoms with Gasteiger partial charge in [0.25, 0.3) is 0 Å². The van der Waals surface area contributed by atoms with Crippen LogP contribution in [0.2, 0.25) is 0 Å². The van der Waals surface area contributed by atoms with Crippen LogP contribution in [0.1, 0.15) is 0 Å². The van der Waals surface area contributed by atoms with Crippen LogP contribution >= 0.6 is 22.7 Å². The quantitative estimate of drug-likeness (QED) is 0.161.